The lowest BCUT2D eigenvalue weighted by Crippen LogP contribution is -2.26. The van der Waals surface area contributed by atoms with Crippen LogP contribution in [0.1, 0.15) is 19.4 Å². The van der Waals surface area contributed by atoms with E-state index in [0.29, 0.717) is 37.7 Å². The van der Waals surface area contributed by atoms with Gasteiger partial charge in [-0.1, -0.05) is 22.0 Å². The van der Waals surface area contributed by atoms with E-state index in [1.54, 1.807) is 0 Å². The van der Waals surface area contributed by atoms with E-state index >= 15 is 0 Å². The molecule has 114 valence electrons. The van der Waals surface area contributed by atoms with Gasteiger partial charge in [0.25, 0.3) is 0 Å². The van der Waals surface area contributed by atoms with Gasteiger partial charge < -0.3 is 9.47 Å². The summed E-state index contributed by atoms with van der Waals surface area (Å²) in [5.41, 5.74) is 0.995. The minimum Gasteiger partial charge on any atom is -0.490 e. The molecule has 0 amide bonds. The average Bonchev–Trinajstić information content (AvgIpc) is 2.42. The summed E-state index contributed by atoms with van der Waals surface area (Å²) in [6, 6.07) is 5.65. The minimum atomic E-state index is -3.22. The van der Waals surface area contributed by atoms with E-state index in [4.69, 9.17) is 9.47 Å². The minimum absolute atomic E-state index is 0.0898. The van der Waals surface area contributed by atoms with Crippen LogP contribution in [0, 0.1) is 0 Å². The molecule has 0 aliphatic heterocycles. The quantitative estimate of drug-likeness (QED) is 0.682. The zero-order valence-corrected chi connectivity index (χ0v) is 14.1. The molecule has 0 aromatic heterocycles. The van der Waals surface area contributed by atoms with Gasteiger partial charge in [-0.25, -0.2) is 13.1 Å². The van der Waals surface area contributed by atoms with Gasteiger partial charge in [0.2, 0.25) is 10.0 Å². The number of hydrogen-bond donors (Lipinski definition) is 1. The summed E-state index contributed by atoms with van der Waals surface area (Å²) in [4.78, 5) is 0. The van der Waals surface area contributed by atoms with Crippen LogP contribution in [0.2, 0.25) is 0 Å². The molecule has 0 saturated heterocycles. The van der Waals surface area contributed by atoms with Crippen molar-refractivity contribution in [3.63, 3.8) is 0 Å². The zero-order valence-electron chi connectivity index (χ0n) is 11.7. The molecule has 0 aliphatic carbocycles. The Bertz CT molecular complexity index is 519. The molecule has 0 fully saturated rings. The second-order valence-corrected chi connectivity index (χ2v) is 7.13. The molecule has 5 nitrogen and oxygen atoms in total. The van der Waals surface area contributed by atoms with E-state index in [-0.39, 0.29) is 4.66 Å². The fourth-order valence-corrected chi connectivity index (χ4v) is 2.62. The molecule has 1 aromatic rings. The Morgan fingerprint density at radius 3 is 2.40 bits per heavy atom. The predicted molar refractivity (Wildman–Crippen MR) is 83.2 cm³/mol. The molecule has 20 heavy (non-hydrogen) atoms. The maximum absolute atomic E-state index is 11.3. The third-order valence-corrected chi connectivity index (χ3v) is 5.23. The molecule has 0 aliphatic rings. The summed E-state index contributed by atoms with van der Waals surface area (Å²) in [6.45, 7) is 5.31. The van der Waals surface area contributed by atoms with E-state index in [9.17, 15) is 8.42 Å². The van der Waals surface area contributed by atoms with E-state index in [1.165, 1.54) is 0 Å². The smallest absolute Gasteiger partial charge is 0.221 e. The lowest BCUT2D eigenvalue weighted by molar-refractivity contribution is 0.287. The summed E-state index contributed by atoms with van der Waals surface area (Å²) in [5.74, 6) is 1.40. The molecule has 1 aromatic carbocycles. The maximum Gasteiger partial charge on any atom is 0.221 e. The van der Waals surface area contributed by atoms with Crippen LogP contribution >= 0.6 is 15.9 Å². The molecule has 0 spiro atoms. The van der Waals surface area contributed by atoms with E-state index < -0.39 is 10.0 Å². The van der Waals surface area contributed by atoms with Gasteiger partial charge in [0.1, 0.15) is 4.66 Å². The predicted octanol–water partition coefficient (Wildman–Crippen LogP) is 2.30. The third kappa shape index (κ3) is 5.68. The van der Waals surface area contributed by atoms with Gasteiger partial charge in [0.05, 0.1) is 13.2 Å². The Labute approximate surface area is 128 Å². The van der Waals surface area contributed by atoms with Gasteiger partial charge >= 0.3 is 0 Å². The van der Waals surface area contributed by atoms with Crippen LogP contribution in [0.4, 0.5) is 0 Å². The molecule has 0 unspecified atom stereocenters. The van der Waals surface area contributed by atoms with Crippen molar-refractivity contribution in [2.24, 2.45) is 0 Å². The van der Waals surface area contributed by atoms with Crippen LogP contribution < -0.4 is 14.2 Å². The summed E-state index contributed by atoms with van der Waals surface area (Å²) >= 11 is 2.93. The molecule has 0 radical (unpaired) electrons. The van der Waals surface area contributed by atoms with E-state index in [2.05, 4.69) is 20.7 Å². The summed E-state index contributed by atoms with van der Waals surface area (Å²) in [6.07, 6.45) is 0.596. The van der Waals surface area contributed by atoms with Gasteiger partial charge in [-0.3, -0.25) is 0 Å². The normalized spacial score (nSPS) is 11.3. The van der Waals surface area contributed by atoms with Crippen LogP contribution in [0.3, 0.4) is 0 Å². The Balaban J connectivity index is 2.69. The lowest BCUT2D eigenvalue weighted by atomic mass is 10.1. The number of rotatable bonds is 9. The number of halogens is 1. The first-order chi connectivity index (χ1) is 9.52. The highest BCUT2D eigenvalue weighted by Gasteiger charge is 2.08. The van der Waals surface area contributed by atoms with Crippen LogP contribution in [-0.2, 0) is 16.4 Å². The second-order valence-electron chi connectivity index (χ2n) is 4.02. The monoisotopic (exact) mass is 365 g/mol. The number of sulfonamides is 1. The van der Waals surface area contributed by atoms with Crippen LogP contribution in [0.5, 0.6) is 11.5 Å². The van der Waals surface area contributed by atoms with Gasteiger partial charge in [-0.15, -0.1) is 0 Å². The molecule has 1 N–H and O–H groups in total. The number of ether oxygens (including phenoxy) is 2. The molecular weight excluding hydrogens is 346 g/mol. The molecule has 0 atom stereocenters. The highest BCUT2D eigenvalue weighted by molar-refractivity contribution is 9.10. The van der Waals surface area contributed by atoms with Gasteiger partial charge in [0.15, 0.2) is 11.5 Å². The number of nitrogens with one attached hydrogen (secondary N) is 1. The topological polar surface area (TPSA) is 64.6 Å². The Hall–Kier alpha value is -0.790. The van der Waals surface area contributed by atoms with Crippen molar-refractivity contribution in [2.75, 3.05) is 24.4 Å². The first kappa shape index (κ1) is 17.3. The van der Waals surface area contributed by atoms with Crippen molar-refractivity contribution >= 4 is 26.0 Å². The summed E-state index contributed by atoms with van der Waals surface area (Å²) < 4.78 is 36.0. The summed E-state index contributed by atoms with van der Waals surface area (Å²) in [7, 11) is -3.22. The molecule has 0 heterocycles. The SMILES string of the molecule is CCOc1ccc(CCNS(=O)(=O)CBr)cc1OCC. The maximum atomic E-state index is 11.3. The van der Waals surface area contributed by atoms with Crippen LogP contribution in [-0.4, -0.2) is 32.8 Å². The van der Waals surface area contributed by atoms with Crippen molar-refractivity contribution in [3.05, 3.63) is 23.8 Å². The summed E-state index contributed by atoms with van der Waals surface area (Å²) in [5, 5.41) is 0. The van der Waals surface area contributed by atoms with Gasteiger partial charge in [-0.2, -0.15) is 0 Å². The number of benzene rings is 1. The second kappa shape index (κ2) is 8.49. The third-order valence-electron chi connectivity index (χ3n) is 2.49. The fourth-order valence-electron chi connectivity index (χ4n) is 1.64. The van der Waals surface area contributed by atoms with Crippen molar-refractivity contribution < 1.29 is 17.9 Å². The highest BCUT2D eigenvalue weighted by atomic mass is 79.9. The van der Waals surface area contributed by atoms with Gasteiger partial charge in [0, 0.05) is 6.54 Å². The standard InChI is InChI=1S/C13H20BrNO4S/c1-3-18-12-6-5-11(9-13(12)19-4-2)7-8-15-20(16,17)10-14/h5-6,9,15H,3-4,7-8,10H2,1-2H3. The van der Waals surface area contributed by atoms with Crippen molar-refractivity contribution in [3.8, 4) is 11.5 Å². The molecular formula is C13H20BrNO4S. The molecule has 1 rings (SSSR count). The van der Waals surface area contributed by atoms with Crippen LogP contribution in [0.15, 0.2) is 18.2 Å². The number of hydrogen-bond acceptors (Lipinski definition) is 4. The van der Waals surface area contributed by atoms with Crippen molar-refractivity contribution in [1.29, 1.82) is 0 Å². The molecule has 0 bridgehead atoms. The highest BCUT2D eigenvalue weighted by Crippen LogP contribution is 2.28. The Kier molecular flexibility index (Phi) is 7.32. The van der Waals surface area contributed by atoms with Crippen molar-refractivity contribution in [2.45, 2.75) is 20.3 Å². The Morgan fingerprint density at radius 1 is 1.15 bits per heavy atom. The van der Waals surface area contributed by atoms with E-state index in [1.807, 2.05) is 32.0 Å². The number of alkyl halides is 1. The fraction of sp³-hybridized carbons (Fsp3) is 0.538. The Morgan fingerprint density at radius 2 is 1.80 bits per heavy atom. The van der Waals surface area contributed by atoms with Crippen molar-refractivity contribution in [1.82, 2.24) is 4.72 Å². The van der Waals surface area contributed by atoms with Crippen LogP contribution in [0.25, 0.3) is 0 Å². The average molecular weight is 366 g/mol. The largest absolute Gasteiger partial charge is 0.490 e. The molecule has 0 saturated carbocycles. The molecule has 7 heteroatoms. The van der Waals surface area contributed by atoms with Gasteiger partial charge in [-0.05, 0) is 38.0 Å². The lowest BCUT2D eigenvalue weighted by Gasteiger charge is -2.12. The first-order valence-corrected chi connectivity index (χ1v) is 9.21. The first-order valence-electron chi connectivity index (χ1n) is 6.44. The zero-order chi connectivity index (χ0) is 15.0. The van der Waals surface area contributed by atoms with E-state index in [0.717, 1.165) is 5.56 Å².